The van der Waals surface area contributed by atoms with Crippen LogP contribution in [0.2, 0.25) is 0 Å². The number of nitrogens with zero attached hydrogens (tertiary/aromatic N) is 1. The van der Waals surface area contributed by atoms with Crippen LogP contribution in [0.1, 0.15) is 42.9 Å². The zero-order valence-electron chi connectivity index (χ0n) is 9.61. The standard InChI is InChI=1S/C11H13BF3NO2/c13-11(14,15)10-9(7-3-1-2-4-7)5-8(6-16-10)12(17)18/h5-7,17-18H,1-4H2. The molecule has 98 valence electrons. The maximum Gasteiger partial charge on any atom is 0.490 e. The van der Waals surface area contributed by atoms with Crippen LogP contribution in [0.5, 0.6) is 0 Å². The van der Waals surface area contributed by atoms with Gasteiger partial charge >= 0.3 is 13.3 Å². The number of hydrogen-bond donors (Lipinski definition) is 2. The Hall–Kier alpha value is -1.08. The van der Waals surface area contributed by atoms with Crippen LogP contribution in [-0.4, -0.2) is 22.2 Å². The maximum absolute atomic E-state index is 12.8. The highest BCUT2D eigenvalue weighted by Crippen LogP contribution is 2.40. The lowest BCUT2D eigenvalue weighted by molar-refractivity contribution is -0.142. The molecule has 0 radical (unpaired) electrons. The number of alkyl halides is 3. The van der Waals surface area contributed by atoms with Crippen molar-refractivity contribution in [2.24, 2.45) is 0 Å². The van der Waals surface area contributed by atoms with Gasteiger partial charge in [0.15, 0.2) is 0 Å². The van der Waals surface area contributed by atoms with Gasteiger partial charge in [-0.3, -0.25) is 4.98 Å². The Bertz CT molecular complexity index is 431. The molecular formula is C11H13BF3NO2. The first-order chi connectivity index (χ1) is 8.39. The van der Waals surface area contributed by atoms with Crippen molar-refractivity contribution < 1.29 is 23.2 Å². The second-order valence-electron chi connectivity index (χ2n) is 4.56. The third-order valence-electron chi connectivity index (χ3n) is 3.30. The molecule has 0 saturated heterocycles. The van der Waals surface area contributed by atoms with Crippen molar-refractivity contribution in [2.45, 2.75) is 37.8 Å². The largest absolute Gasteiger partial charge is 0.490 e. The molecule has 1 aromatic heterocycles. The topological polar surface area (TPSA) is 53.4 Å². The third-order valence-corrected chi connectivity index (χ3v) is 3.30. The van der Waals surface area contributed by atoms with E-state index in [1.165, 1.54) is 6.07 Å². The molecule has 3 nitrogen and oxygen atoms in total. The van der Waals surface area contributed by atoms with Crippen molar-refractivity contribution in [3.63, 3.8) is 0 Å². The Balaban J connectivity index is 2.46. The van der Waals surface area contributed by atoms with Gasteiger partial charge in [-0.05, 0) is 24.3 Å². The van der Waals surface area contributed by atoms with E-state index in [-0.39, 0.29) is 16.9 Å². The quantitative estimate of drug-likeness (QED) is 0.790. The number of aromatic nitrogens is 1. The van der Waals surface area contributed by atoms with Gasteiger partial charge in [0.1, 0.15) is 5.69 Å². The Morgan fingerprint density at radius 1 is 1.22 bits per heavy atom. The minimum atomic E-state index is -4.50. The molecule has 0 aliphatic heterocycles. The minimum Gasteiger partial charge on any atom is -0.423 e. The fourth-order valence-corrected chi connectivity index (χ4v) is 2.42. The monoisotopic (exact) mass is 259 g/mol. The van der Waals surface area contributed by atoms with Crippen molar-refractivity contribution in [1.82, 2.24) is 4.98 Å². The first-order valence-corrected chi connectivity index (χ1v) is 5.83. The molecule has 0 spiro atoms. The molecule has 1 fully saturated rings. The van der Waals surface area contributed by atoms with Gasteiger partial charge in [0.05, 0.1) is 0 Å². The van der Waals surface area contributed by atoms with Crippen molar-refractivity contribution in [2.75, 3.05) is 0 Å². The summed E-state index contributed by atoms with van der Waals surface area (Å²) < 4.78 is 38.5. The summed E-state index contributed by atoms with van der Waals surface area (Å²) in [6.07, 6.45) is -0.462. The van der Waals surface area contributed by atoms with Gasteiger partial charge in [0, 0.05) is 11.7 Å². The van der Waals surface area contributed by atoms with Crippen LogP contribution in [0.4, 0.5) is 13.2 Å². The molecule has 1 aliphatic carbocycles. The van der Waals surface area contributed by atoms with E-state index in [4.69, 9.17) is 10.0 Å². The summed E-state index contributed by atoms with van der Waals surface area (Å²) in [6.45, 7) is 0. The molecule has 2 N–H and O–H groups in total. The molecular weight excluding hydrogens is 246 g/mol. The highest BCUT2D eigenvalue weighted by molar-refractivity contribution is 6.58. The summed E-state index contributed by atoms with van der Waals surface area (Å²) in [5.41, 5.74) is -0.811. The molecule has 1 heterocycles. The summed E-state index contributed by atoms with van der Waals surface area (Å²) in [5, 5.41) is 18.0. The SMILES string of the molecule is OB(O)c1cnc(C(F)(F)F)c(C2CCCC2)c1. The average Bonchev–Trinajstić information content (AvgIpc) is 2.80. The summed E-state index contributed by atoms with van der Waals surface area (Å²) >= 11 is 0. The molecule has 18 heavy (non-hydrogen) atoms. The smallest absolute Gasteiger partial charge is 0.423 e. The molecule has 1 aromatic rings. The van der Waals surface area contributed by atoms with Crippen LogP contribution < -0.4 is 5.46 Å². The van der Waals surface area contributed by atoms with Crippen LogP contribution >= 0.6 is 0 Å². The minimum absolute atomic E-state index is 0.00454. The van der Waals surface area contributed by atoms with Gasteiger partial charge in [-0.1, -0.05) is 18.9 Å². The molecule has 0 atom stereocenters. The summed E-state index contributed by atoms with van der Waals surface area (Å²) in [4.78, 5) is 3.37. The van der Waals surface area contributed by atoms with E-state index in [1.54, 1.807) is 0 Å². The zero-order chi connectivity index (χ0) is 13.3. The van der Waals surface area contributed by atoms with Crippen molar-refractivity contribution in [3.05, 3.63) is 23.5 Å². The predicted molar refractivity (Wildman–Crippen MR) is 60.3 cm³/mol. The van der Waals surface area contributed by atoms with Crippen LogP contribution in [0, 0.1) is 0 Å². The Morgan fingerprint density at radius 3 is 2.33 bits per heavy atom. The predicted octanol–water partition coefficient (Wildman–Crippen LogP) is 1.44. The normalized spacial score (nSPS) is 17.2. The van der Waals surface area contributed by atoms with Crippen LogP contribution in [0.15, 0.2) is 12.3 Å². The fraction of sp³-hybridized carbons (Fsp3) is 0.545. The van der Waals surface area contributed by atoms with E-state index >= 15 is 0 Å². The lowest BCUT2D eigenvalue weighted by Crippen LogP contribution is -2.32. The molecule has 2 rings (SSSR count). The van der Waals surface area contributed by atoms with Crippen LogP contribution in [0.3, 0.4) is 0 Å². The van der Waals surface area contributed by atoms with Gasteiger partial charge in [-0.25, -0.2) is 0 Å². The van der Waals surface area contributed by atoms with E-state index in [1.807, 2.05) is 0 Å². The molecule has 0 amide bonds. The molecule has 7 heteroatoms. The fourth-order valence-electron chi connectivity index (χ4n) is 2.42. The molecule has 0 unspecified atom stereocenters. The lowest BCUT2D eigenvalue weighted by Gasteiger charge is -2.17. The Labute approximate surface area is 103 Å². The zero-order valence-corrected chi connectivity index (χ0v) is 9.61. The van der Waals surface area contributed by atoms with Crippen LogP contribution in [-0.2, 0) is 6.18 Å². The van der Waals surface area contributed by atoms with E-state index in [2.05, 4.69) is 4.98 Å². The first kappa shape index (κ1) is 13.4. The van der Waals surface area contributed by atoms with E-state index in [0.717, 1.165) is 19.0 Å². The summed E-state index contributed by atoms with van der Waals surface area (Å²) in [7, 11) is -1.79. The second kappa shape index (κ2) is 4.89. The van der Waals surface area contributed by atoms with Crippen LogP contribution in [0.25, 0.3) is 0 Å². The highest BCUT2D eigenvalue weighted by Gasteiger charge is 2.38. The molecule has 1 saturated carbocycles. The third kappa shape index (κ3) is 2.67. The highest BCUT2D eigenvalue weighted by atomic mass is 19.4. The summed E-state index contributed by atoms with van der Waals surface area (Å²) in [5.74, 6) is -0.187. The molecule has 0 aromatic carbocycles. The molecule has 0 bridgehead atoms. The molecule has 1 aliphatic rings. The van der Waals surface area contributed by atoms with Crippen molar-refractivity contribution >= 4 is 12.6 Å². The summed E-state index contributed by atoms with van der Waals surface area (Å²) in [6, 6.07) is 1.22. The van der Waals surface area contributed by atoms with Gasteiger partial charge in [0.25, 0.3) is 0 Å². The lowest BCUT2D eigenvalue weighted by atomic mass is 9.79. The number of pyridine rings is 1. The maximum atomic E-state index is 12.8. The average molecular weight is 259 g/mol. The van der Waals surface area contributed by atoms with Gasteiger partial charge in [0.2, 0.25) is 0 Å². The Kier molecular flexibility index (Phi) is 3.63. The second-order valence-corrected chi connectivity index (χ2v) is 4.56. The van der Waals surface area contributed by atoms with Gasteiger partial charge < -0.3 is 10.0 Å². The first-order valence-electron chi connectivity index (χ1n) is 5.83. The van der Waals surface area contributed by atoms with Gasteiger partial charge in [-0.15, -0.1) is 0 Å². The number of halogens is 3. The number of rotatable bonds is 2. The van der Waals surface area contributed by atoms with Crippen molar-refractivity contribution in [3.8, 4) is 0 Å². The number of hydrogen-bond acceptors (Lipinski definition) is 3. The Morgan fingerprint density at radius 2 is 1.83 bits per heavy atom. The van der Waals surface area contributed by atoms with E-state index in [0.29, 0.717) is 12.8 Å². The van der Waals surface area contributed by atoms with E-state index < -0.39 is 19.0 Å². The van der Waals surface area contributed by atoms with Crippen molar-refractivity contribution in [1.29, 1.82) is 0 Å². The van der Waals surface area contributed by atoms with E-state index in [9.17, 15) is 13.2 Å². The van der Waals surface area contributed by atoms with Gasteiger partial charge in [-0.2, -0.15) is 13.2 Å².